The first kappa shape index (κ1) is 16.7. The molecule has 0 unspecified atom stereocenters. The third kappa shape index (κ3) is 3.06. The molecule has 0 amide bonds. The maximum Gasteiger partial charge on any atom is 0.356 e. The second-order valence-corrected chi connectivity index (χ2v) is 6.68. The zero-order valence-corrected chi connectivity index (χ0v) is 14.9. The molecule has 3 heterocycles. The van der Waals surface area contributed by atoms with Crippen molar-refractivity contribution >= 4 is 34.7 Å². The van der Waals surface area contributed by atoms with Crippen LogP contribution in [0.4, 0.5) is 6.01 Å². The second kappa shape index (κ2) is 6.49. The van der Waals surface area contributed by atoms with E-state index < -0.39 is 5.97 Å². The van der Waals surface area contributed by atoms with Crippen LogP contribution in [0.15, 0.2) is 34.8 Å². The number of oxazole rings is 1. The van der Waals surface area contributed by atoms with Gasteiger partial charge in [0.15, 0.2) is 11.3 Å². The first-order valence-electron chi connectivity index (χ1n) is 8.28. The van der Waals surface area contributed by atoms with Crippen molar-refractivity contribution in [3.63, 3.8) is 0 Å². The Labute approximate surface area is 154 Å². The third-order valence-corrected chi connectivity index (χ3v) is 4.59. The van der Waals surface area contributed by atoms with Crippen molar-refractivity contribution in [3.05, 3.63) is 52.3 Å². The number of hydrogen-bond donors (Lipinski definition) is 1. The molecule has 1 N–H and O–H groups in total. The van der Waals surface area contributed by atoms with E-state index >= 15 is 0 Å². The Morgan fingerprint density at radius 1 is 1.35 bits per heavy atom. The topological polar surface area (TPSA) is 84.4 Å². The first-order chi connectivity index (χ1) is 12.5. The van der Waals surface area contributed by atoms with Gasteiger partial charge in [-0.25, -0.2) is 4.79 Å². The molecule has 0 atom stereocenters. The number of carbonyl (C=O) groups is 1. The minimum Gasteiger partial charge on any atom is -0.476 e. The van der Waals surface area contributed by atoms with Crippen LogP contribution in [0.1, 0.15) is 28.2 Å². The summed E-state index contributed by atoms with van der Waals surface area (Å²) in [6.45, 7) is 3.79. The van der Waals surface area contributed by atoms with E-state index in [1.54, 1.807) is 16.8 Å². The van der Waals surface area contributed by atoms with Crippen molar-refractivity contribution in [2.45, 2.75) is 19.9 Å². The Hall–Kier alpha value is -2.80. The molecule has 0 radical (unpaired) electrons. The number of nitrogens with zero attached hydrogens (tertiary/aromatic N) is 4. The fourth-order valence-corrected chi connectivity index (χ4v) is 3.29. The van der Waals surface area contributed by atoms with Crippen molar-refractivity contribution in [3.8, 4) is 0 Å². The van der Waals surface area contributed by atoms with Gasteiger partial charge in [0.1, 0.15) is 5.52 Å². The number of fused-ring (bicyclic) bond motifs is 1. The molecule has 0 fully saturated rings. The average molecular weight is 373 g/mol. The van der Waals surface area contributed by atoms with Crippen LogP contribution in [0.25, 0.3) is 11.1 Å². The van der Waals surface area contributed by atoms with Gasteiger partial charge in [0.05, 0.1) is 6.54 Å². The second-order valence-electron chi connectivity index (χ2n) is 6.25. The molecule has 4 rings (SSSR count). The van der Waals surface area contributed by atoms with Gasteiger partial charge in [-0.05, 0) is 25.5 Å². The first-order valence-corrected chi connectivity index (χ1v) is 8.66. The molecule has 1 aliphatic rings. The largest absolute Gasteiger partial charge is 0.476 e. The van der Waals surface area contributed by atoms with Crippen LogP contribution < -0.4 is 4.90 Å². The molecule has 0 bridgehead atoms. The zero-order valence-electron chi connectivity index (χ0n) is 14.1. The number of carboxylic acids is 1. The molecule has 7 nitrogen and oxygen atoms in total. The predicted octanol–water partition coefficient (Wildman–Crippen LogP) is 3.50. The number of aryl methyl sites for hydroxylation is 1. The summed E-state index contributed by atoms with van der Waals surface area (Å²) in [5.41, 5.74) is 2.92. The lowest BCUT2D eigenvalue weighted by molar-refractivity contribution is 0.0689. The molecule has 0 aliphatic carbocycles. The summed E-state index contributed by atoms with van der Waals surface area (Å²) in [5.74, 6) is -1.05. The van der Waals surface area contributed by atoms with Gasteiger partial charge in [0.2, 0.25) is 0 Å². The van der Waals surface area contributed by atoms with Gasteiger partial charge in [-0.2, -0.15) is 10.1 Å². The van der Waals surface area contributed by atoms with Crippen molar-refractivity contribution in [1.29, 1.82) is 0 Å². The molecule has 134 valence electrons. The SMILES string of the molecule is Cc1cc(C(=O)O)nn1Cc1cc(Cl)cc2oc(N3CC=CCC3)nc12. The molecule has 26 heavy (non-hydrogen) atoms. The maximum absolute atomic E-state index is 11.1. The highest BCUT2D eigenvalue weighted by atomic mass is 35.5. The number of hydrogen-bond acceptors (Lipinski definition) is 5. The van der Waals surface area contributed by atoms with Gasteiger partial charge in [-0.3, -0.25) is 4.68 Å². The van der Waals surface area contributed by atoms with Crippen LogP contribution in [-0.2, 0) is 6.54 Å². The summed E-state index contributed by atoms with van der Waals surface area (Å²) in [7, 11) is 0. The Balaban J connectivity index is 1.73. The van der Waals surface area contributed by atoms with E-state index in [9.17, 15) is 4.79 Å². The standard InChI is InChI=1S/C18H17ClN4O3/c1-11-7-14(17(24)25)21-23(11)10-12-8-13(19)9-15-16(12)20-18(26-15)22-5-3-2-4-6-22/h2-3,7-9H,4-6,10H2,1H3,(H,24,25). The van der Waals surface area contributed by atoms with E-state index in [0.29, 0.717) is 28.7 Å². The van der Waals surface area contributed by atoms with E-state index in [1.165, 1.54) is 0 Å². The van der Waals surface area contributed by atoms with Crippen LogP contribution in [0.5, 0.6) is 0 Å². The van der Waals surface area contributed by atoms with E-state index in [0.717, 1.165) is 30.8 Å². The van der Waals surface area contributed by atoms with Gasteiger partial charge in [-0.1, -0.05) is 23.8 Å². The van der Waals surface area contributed by atoms with E-state index in [-0.39, 0.29) is 5.69 Å². The molecule has 0 saturated carbocycles. The Bertz CT molecular complexity index is 1020. The average Bonchev–Trinajstić information content (AvgIpc) is 3.20. The number of aromatic carboxylic acids is 1. The number of anilines is 1. The van der Waals surface area contributed by atoms with Crippen LogP contribution >= 0.6 is 11.6 Å². The van der Waals surface area contributed by atoms with Crippen molar-refractivity contribution in [1.82, 2.24) is 14.8 Å². The van der Waals surface area contributed by atoms with Crippen LogP contribution in [0, 0.1) is 6.92 Å². The monoisotopic (exact) mass is 372 g/mol. The lowest BCUT2D eigenvalue weighted by atomic mass is 10.2. The van der Waals surface area contributed by atoms with Crippen LogP contribution in [0.3, 0.4) is 0 Å². The van der Waals surface area contributed by atoms with E-state index in [4.69, 9.17) is 21.1 Å². The molecule has 8 heteroatoms. The fourth-order valence-electron chi connectivity index (χ4n) is 3.06. The summed E-state index contributed by atoms with van der Waals surface area (Å²) < 4.78 is 7.54. The van der Waals surface area contributed by atoms with E-state index in [1.807, 2.05) is 13.0 Å². The number of benzene rings is 1. The summed E-state index contributed by atoms with van der Waals surface area (Å²) in [4.78, 5) is 17.9. The van der Waals surface area contributed by atoms with Gasteiger partial charge in [0, 0.05) is 35.4 Å². The van der Waals surface area contributed by atoms with E-state index in [2.05, 4.69) is 27.1 Å². The summed E-state index contributed by atoms with van der Waals surface area (Å²) in [6, 6.07) is 5.66. The van der Waals surface area contributed by atoms with Crippen LogP contribution in [-0.4, -0.2) is 38.9 Å². The molecule has 1 aromatic carbocycles. The number of aromatic nitrogens is 3. The van der Waals surface area contributed by atoms with Gasteiger partial charge in [0.25, 0.3) is 6.01 Å². The number of halogens is 1. The Morgan fingerprint density at radius 3 is 2.88 bits per heavy atom. The number of carboxylic acid groups (broad SMARTS) is 1. The summed E-state index contributed by atoms with van der Waals surface area (Å²) >= 11 is 6.24. The normalized spacial score (nSPS) is 14.3. The lowest BCUT2D eigenvalue weighted by Crippen LogP contribution is -2.26. The highest BCUT2D eigenvalue weighted by Crippen LogP contribution is 2.29. The molecule has 0 saturated heterocycles. The summed E-state index contributed by atoms with van der Waals surface area (Å²) in [5, 5.41) is 13.8. The zero-order chi connectivity index (χ0) is 18.3. The smallest absolute Gasteiger partial charge is 0.356 e. The minimum atomic E-state index is -1.05. The minimum absolute atomic E-state index is 0.0155. The van der Waals surface area contributed by atoms with Gasteiger partial charge >= 0.3 is 5.97 Å². The van der Waals surface area contributed by atoms with Gasteiger partial charge < -0.3 is 14.4 Å². The van der Waals surface area contributed by atoms with Crippen LogP contribution in [0.2, 0.25) is 5.02 Å². The molecular weight excluding hydrogens is 356 g/mol. The van der Waals surface area contributed by atoms with Gasteiger partial charge in [-0.15, -0.1) is 0 Å². The quantitative estimate of drug-likeness (QED) is 0.705. The Kier molecular flexibility index (Phi) is 4.16. The highest BCUT2D eigenvalue weighted by molar-refractivity contribution is 6.31. The maximum atomic E-state index is 11.1. The molecule has 2 aromatic heterocycles. The molecular formula is C18H17ClN4O3. The third-order valence-electron chi connectivity index (χ3n) is 4.38. The molecule has 0 spiro atoms. The highest BCUT2D eigenvalue weighted by Gasteiger charge is 2.18. The predicted molar refractivity (Wildman–Crippen MR) is 98.0 cm³/mol. The van der Waals surface area contributed by atoms with Crippen molar-refractivity contribution in [2.75, 3.05) is 18.0 Å². The van der Waals surface area contributed by atoms with Crippen molar-refractivity contribution < 1.29 is 14.3 Å². The number of rotatable bonds is 4. The van der Waals surface area contributed by atoms with Crippen molar-refractivity contribution in [2.24, 2.45) is 0 Å². The molecule has 1 aliphatic heterocycles. The fraction of sp³-hybridized carbons (Fsp3) is 0.278. The molecule has 3 aromatic rings. The summed E-state index contributed by atoms with van der Waals surface area (Å²) in [6.07, 6.45) is 5.19. The lowest BCUT2D eigenvalue weighted by Gasteiger charge is -2.20. The Morgan fingerprint density at radius 2 is 2.19 bits per heavy atom.